The summed E-state index contributed by atoms with van der Waals surface area (Å²) in [5.74, 6) is 0. The molecule has 0 aromatic heterocycles. The van der Waals surface area contributed by atoms with E-state index in [1.54, 1.807) is 6.92 Å². The van der Waals surface area contributed by atoms with Crippen LogP contribution in [0.2, 0.25) is 0 Å². The summed E-state index contributed by atoms with van der Waals surface area (Å²) in [6.45, 7) is 1.74. The molecule has 0 aromatic rings. The Kier molecular flexibility index (Phi) is 2.54. The molecule has 1 N–H and O–H groups in total. The number of hydrogen-bond acceptors (Lipinski definition) is 4. The third-order valence-corrected chi connectivity index (χ3v) is 4.99. The van der Waals surface area contributed by atoms with Gasteiger partial charge in [0.1, 0.15) is 5.54 Å². The van der Waals surface area contributed by atoms with Crippen molar-refractivity contribution in [3.05, 3.63) is 21.5 Å². The van der Waals surface area contributed by atoms with Crippen molar-refractivity contribution in [2.75, 3.05) is 0 Å². The third-order valence-electron chi connectivity index (χ3n) is 4.99. The molecule has 1 saturated carbocycles. The first kappa shape index (κ1) is 12.1. The van der Waals surface area contributed by atoms with Crippen LogP contribution in [0, 0.1) is 10.1 Å². The summed E-state index contributed by atoms with van der Waals surface area (Å²) in [7, 11) is 0. The van der Waals surface area contributed by atoms with E-state index in [1.165, 1.54) is 0 Å². The minimum Gasteiger partial charge on any atom is -0.758 e. The van der Waals surface area contributed by atoms with Crippen LogP contribution in [0.25, 0.3) is 0 Å². The van der Waals surface area contributed by atoms with Crippen LogP contribution in [0.15, 0.2) is 11.4 Å². The molecule has 100 valence electrons. The average molecular weight is 252 g/mol. The van der Waals surface area contributed by atoms with Crippen molar-refractivity contribution in [2.45, 2.75) is 69.6 Å². The van der Waals surface area contributed by atoms with Gasteiger partial charge in [-0.3, -0.25) is 0 Å². The molecule has 0 saturated heterocycles. The number of nitroso groups, excluding NO2 is 1. The Morgan fingerprint density at radius 3 is 2.67 bits per heavy atom. The Morgan fingerprint density at radius 1 is 1.22 bits per heavy atom. The highest BCUT2D eigenvalue weighted by atomic mass is 16.5. The van der Waals surface area contributed by atoms with Gasteiger partial charge in [-0.2, -0.15) is 0 Å². The van der Waals surface area contributed by atoms with Gasteiger partial charge in [0.2, 0.25) is 0 Å². The molecule has 2 aliphatic carbocycles. The zero-order chi connectivity index (χ0) is 13.0. The Morgan fingerprint density at radius 2 is 1.89 bits per heavy atom. The molecule has 0 spiro atoms. The van der Waals surface area contributed by atoms with Gasteiger partial charge in [-0.1, -0.05) is 6.42 Å². The van der Waals surface area contributed by atoms with Crippen LogP contribution in [-0.2, 0) is 0 Å². The number of hydroxylamine groups is 2. The zero-order valence-electron chi connectivity index (χ0n) is 10.8. The summed E-state index contributed by atoms with van der Waals surface area (Å²) in [4.78, 5) is 12.5. The van der Waals surface area contributed by atoms with E-state index >= 15 is 0 Å². The summed E-state index contributed by atoms with van der Waals surface area (Å²) >= 11 is 0. The summed E-state index contributed by atoms with van der Waals surface area (Å²) in [6, 6.07) is 0. The molecule has 1 fully saturated rings. The van der Waals surface area contributed by atoms with Crippen molar-refractivity contribution in [3.8, 4) is 0 Å². The quantitative estimate of drug-likeness (QED) is 0.672. The van der Waals surface area contributed by atoms with E-state index in [0.29, 0.717) is 37.1 Å². The lowest BCUT2D eigenvalue weighted by Crippen LogP contribution is -2.69. The molecular formula is C13H20N2O3. The maximum Gasteiger partial charge on any atom is 0.340 e. The number of hydrogen-bond donors (Lipinski definition) is 1. The van der Waals surface area contributed by atoms with Gasteiger partial charge in [0.25, 0.3) is 5.70 Å². The molecule has 0 unspecified atom stereocenters. The van der Waals surface area contributed by atoms with E-state index in [9.17, 15) is 15.2 Å². The molecule has 5 heteroatoms. The van der Waals surface area contributed by atoms with Crippen molar-refractivity contribution in [3.63, 3.8) is 0 Å². The lowest BCUT2D eigenvalue weighted by molar-refractivity contribution is -0.669. The van der Waals surface area contributed by atoms with Gasteiger partial charge in [0, 0.05) is 17.7 Å². The maximum atomic E-state index is 12.6. The van der Waals surface area contributed by atoms with E-state index in [4.69, 9.17) is 0 Å². The van der Waals surface area contributed by atoms with Crippen molar-refractivity contribution in [2.24, 2.45) is 0 Å². The normalized spacial score (nSPS) is 40.6. The molecule has 18 heavy (non-hydrogen) atoms. The Balaban J connectivity index is 2.14. The lowest BCUT2D eigenvalue weighted by Gasteiger charge is -2.57. The number of aliphatic hydroxyl groups is 1. The summed E-state index contributed by atoms with van der Waals surface area (Å²) in [5.41, 5.74) is -1.38. The molecule has 0 amide bonds. The Hall–Kier alpha value is -0.940. The molecule has 3 rings (SSSR count). The van der Waals surface area contributed by atoms with Gasteiger partial charge >= 0.3 is 5.72 Å². The fraction of sp³-hybridized carbons (Fsp3) is 0.846. The molecule has 1 heterocycles. The van der Waals surface area contributed by atoms with Crippen LogP contribution in [0.1, 0.15) is 58.3 Å². The van der Waals surface area contributed by atoms with Gasteiger partial charge in [-0.25, -0.2) is 0 Å². The second-order valence-corrected chi connectivity index (χ2v) is 5.99. The predicted octanol–water partition coefficient (Wildman–Crippen LogP) is 2.39. The first-order valence-electron chi connectivity index (χ1n) is 6.90. The highest BCUT2D eigenvalue weighted by Crippen LogP contribution is 2.50. The Bertz CT molecular complexity index is 434. The summed E-state index contributed by atoms with van der Waals surface area (Å²) < 4.78 is 0.773. The van der Waals surface area contributed by atoms with Crippen LogP contribution in [0.5, 0.6) is 0 Å². The standard InChI is InChI=1S/C13H20N2O3/c1-12-8-4-5-9-13(12,16)15(18)11-7-3-2-6-10(11)14(12)17/h16H,2-9H2,1H3/t12-,13-/m0/s1. The number of rotatable bonds is 0. The molecule has 0 bridgehead atoms. The second kappa shape index (κ2) is 3.78. The largest absolute Gasteiger partial charge is 0.758 e. The minimum atomic E-state index is -1.54. The predicted molar refractivity (Wildman–Crippen MR) is 66.2 cm³/mol. The summed E-state index contributed by atoms with van der Waals surface area (Å²) in [6.07, 6.45) is 5.86. The van der Waals surface area contributed by atoms with Crippen LogP contribution in [0.3, 0.4) is 0 Å². The lowest BCUT2D eigenvalue weighted by atomic mass is 9.72. The first-order chi connectivity index (χ1) is 8.51. The zero-order valence-corrected chi connectivity index (χ0v) is 10.8. The van der Waals surface area contributed by atoms with E-state index in [1.807, 2.05) is 0 Å². The highest BCUT2D eigenvalue weighted by molar-refractivity contribution is 5.21. The minimum absolute atomic E-state index is 0.391. The van der Waals surface area contributed by atoms with Crippen molar-refractivity contribution >= 4 is 0 Å². The monoisotopic (exact) mass is 252 g/mol. The number of fused-ring (bicyclic) bond motifs is 1. The molecule has 0 aromatic carbocycles. The van der Waals surface area contributed by atoms with Crippen LogP contribution < -0.4 is 0 Å². The molecule has 5 nitrogen and oxygen atoms in total. The molecule has 1 aliphatic heterocycles. The third kappa shape index (κ3) is 1.29. The van der Waals surface area contributed by atoms with E-state index in [2.05, 4.69) is 0 Å². The van der Waals surface area contributed by atoms with Crippen LogP contribution in [-0.4, -0.2) is 26.2 Å². The number of nitrogens with zero attached hydrogens (tertiary/aromatic N) is 2. The maximum absolute atomic E-state index is 12.6. The molecule has 0 radical (unpaired) electrons. The van der Waals surface area contributed by atoms with Gasteiger partial charge in [-0.15, -0.1) is 0 Å². The molecule has 2 atom stereocenters. The highest BCUT2D eigenvalue weighted by Gasteiger charge is 2.66. The fourth-order valence-electron chi connectivity index (χ4n) is 3.73. The second-order valence-electron chi connectivity index (χ2n) is 5.99. The summed E-state index contributed by atoms with van der Waals surface area (Å²) in [5, 5.41) is 24.3. The van der Waals surface area contributed by atoms with Crippen LogP contribution in [0.4, 0.5) is 0 Å². The smallest absolute Gasteiger partial charge is 0.340 e. The topological polar surface area (TPSA) is 66.6 Å². The van der Waals surface area contributed by atoms with Gasteiger partial charge in [-0.05, 0) is 39.0 Å². The van der Waals surface area contributed by atoms with E-state index < -0.39 is 11.3 Å². The van der Waals surface area contributed by atoms with Gasteiger partial charge in [0.15, 0.2) is 0 Å². The van der Waals surface area contributed by atoms with Gasteiger partial charge < -0.3 is 15.4 Å². The average Bonchev–Trinajstić information content (AvgIpc) is 2.39. The fourth-order valence-corrected chi connectivity index (χ4v) is 3.73. The van der Waals surface area contributed by atoms with Crippen molar-refractivity contribution < 1.29 is 9.87 Å². The van der Waals surface area contributed by atoms with Crippen molar-refractivity contribution in [1.29, 1.82) is 0 Å². The Labute approximate surface area is 107 Å². The number of allylic oxidation sites excluding steroid dienone is 2. The SMILES string of the molecule is C[C@]12CCCC[C@@]1(O)[N+](=O)C1=C(CCCC1)N2[O-]. The van der Waals surface area contributed by atoms with E-state index in [0.717, 1.165) is 35.5 Å². The molecule has 3 aliphatic rings. The van der Waals surface area contributed by atoms with Gasteiger partial charge in [0.05, 0.1) is 10.5 Å². The molecular weight excluding hydrogens is 232 g/mol. The van der Waals surface area contributed by atoms with Crippen LogP contribution >= 0.6 is 0 Å². The van der Waals surface area contributed by atoms with Crippen molar-refractivity contribution in [1.82, 2.24) is 5.06 Å². The van der Waals surface area contributed by atoms with E-state index in [-0.39, 0.29) is 0 Å². The first-order valence-corrected chi connectivity index (χ1v) is 6.90.